The maximum absolute atomic E-state index is 12.9. The van der Waals surface area contributed by atoms with Crippen LogP contribution in [0.1, 0.15) is 18.2 Å². The van der Waals surface area contributed by atoms with Crippen LogP contribution in [-0.4, -0.2) is 96.1 Å². The number of amides is 1. The number of carbonyl (C=O) groups excluding carboxylic acids is 1. The van der Waals surface area contributed by atoms with Crippen LogP contribution in [0, 0.1) is 6.92 Å². The summed E-state index contributed by atoms with van der Waals surface area (Å²) in [6.45, 7) is 12.7. The third-order valence-corrected chi connectivity index (χ3v) is 6.10. The molecule has 2 aliphatic rings. The van der Waals surface area contributed by atoms with Gasteiger partial charge in [0.05, 0.1) is 13.2 Å². The quantitative estimate of drug-likeness (QED) is 0.651. The normalized spacial score (nSPS) is 18.1. The Labute approximate surface area is 190 Å². The smallest absolute Gasteiger partial charge is 0.236 e. The van der Waals surface area contributed by atoms with Gasteiger partial charge in [0.25, 0.3) is 0 Å². The van der Waals surface area contributed by atoms with Crippen LogP contribution >= 0.6 is 0 Å². The first-order valence-electron chi connectivity index (χ1n) is 11.6. The van der Waals surface area contributed by atoms with Gasteiger partial charge in [0.15, 0.2) is 0 Å². The molecule has 2 aliphatic heterocycles. The second kappa shape index (κ2) is 10.7. The van der Waals surface area contributed by atoms with Gasteiger partial charge in [-0.05, 0) is 19.4 Å². The van der Waals surface area contributed by atoms with E-state index in [0.717, 1.165) is 64.6 Å². The van der Waals surface area contributed by atoms with E-state index in [0.29, 0.717) is 25.0 Å². The van der Waals surface area contributed by atoms with E-state index in [4.69, 9.17) is 4.74 Å². The summed E-state index contributed by atoms with van der Waals surface area (Å²) in [7, 11) is 0. The molecular formula is C24H34N6O2. The van der Waals surface area contributed by atoms with Gasteiger partial charge in [0, 0.05) is 70.7 Å². The minimum atomic E-state index is 0.239. The van der Waals surface area contributed by atoms with E-state index in [9.17, 15) is 4.79 Å². The summed E-state index contributed by atoms with van der Waals surface area (Å²) in [6, 6.07) is 12.4. The van der Waals surface area contributed by atoms with Crippen LogP contribution in [-0.2, 0) is 11.3 Å². The van der Waals surface area contributed by atoms with Crippen LogP contribution in [0.2, 0.25) is 0 Å². The average molecular weight is 439 g/mol. The average Bonchev–Trinajstić information content (AvgIpc) is 2.80. The van der Waals surface area contributed by atoms with Crippen molar-refractivity contribution >= 4 is 11.9 Å². The van der Waals surface area contributed by atoms with Gasteiger partial charge in [-0.15, -0.1) is 0 Å². The van der Waals surface area contributed by atoms with Crippen LogP contribution in [0.25, 0.3) is 0 Å². The fourth-order valence-electron chi connectivity index (χ4n) is 4.28. The fourth-order valence-corrected chi connectivity index (χ4v) is 4.28. The number of piperazine rings is 2. The second-order valence-corrected chi connectivity index (χ2v) is 8.49. The Bertz CT molecular complexity index is 877. The molecule has 0 atom stereocenters. The van der Waals surface area contributed by atoms with Crippen molar-refractivity contribution in [2.45, 2.75) is 20.4 Å². The molecule has 172 valence electrons. The highest BCUT2D eigenvalue weighted by Crippen LogP contribution is 2.17. The third kappa shape index (κ3) is 5.95. The van der Waals surface area contributed by atoms with Crippen LogP contribution in [0.4, 0.5) is 5.95 Å². The largest absolute Gasteiger partial charge is 0.478 e. The van der Waals surface area contributed by atoms with E-state index < -0.39 is 0 Å². The Kier molecular flexibility index (Phi) is 7.55. The summed E-state index contributed by atoms with van der Waals surface area (Å²) in [6.07, 6.45) is 0. The van der Waals surface area contributed by atoms with Gasteiger partial charge < -0.3 is 14.5 Å². The number of anilines is 1. The van der Waals surface area contributed by atoms with E-state index >= 15 is 0 Å². The van der Waals surface area contributed by atoms with Gasteiger partial charge in [-0.3, -0.25) is 14.6 Å². The van der Waals surface area contributed by atoms with E-state index in [1.165, 1.54) is 5.56 Å². The molecule has 0 unspecified atom stereocenters. The molecule has 1 amide bonds. The zero-order chi connectivity index (χ0) is 22.3. The molecule has 8 heteroatoms. The Morgan fingerprint density at radius 1 is 0.938 bits per heavy atom. The maximum atomic E-state index is 12.9. The first-order valence-corrected chi connectivity index (χ1v) is 11.6. The summed E-state index contributed by atoms with van der Waals surface area (Å²) in [4.78, 5) is 30.8. The highest BCUT2D eigenvalue weighted by Gasteiger charge is 2.25. The molecule has 32 heavy (non-hydrogen) atoms. The van der Waals surface area contributed by atoms with E-state index in [1.807, 2.05) is 30.9 Å². The minimum absolute atomic E-state index is 0.239. The fraction of sp³-hybridized carbons (Fsp3) is 0.542. The second-order valence-electron chi connectivity index (χ2n) is 8.49. The molecule has 8 nitrogen and oxygen atoms in total. The number of rotatable bonds is 7. The van der Waals surface area contributed by atoms with Crippen LogP contribution in [0.3, 0.4) is 0 Å². The number of hydrogen-bond donors (Lipinski definition) is 0. The van der Waals surface area contributed by atoms with Gasteiger partial charge in [0.2, 0.25) is 17.7 Å². The van der Waals surface area contributed by atoms with Crippen LogP contribution in [0.15, 0.2) is 36.4 Å². The zero-order valence-corrected chi connectivity index (χ0v) is 19.2. The molecule has 2 aromatic rings. The summed E-state index contributed by atoms with van der Waals surface area (Å²) in [5.74, 6) is 1.58. The first-order chi connectivity index (χ1) is 15.6. The van der Waals surface area contributed by atoms with Crippen LogP contribution < -0.4 is 9.64 Å². The summed E-state index contributed by atoms with van der Waals surface area (Å²) in [5, 5.41) is 0. The molecule has 4 rings (SSSR count). The Balaban J connectivity index is 1.21. The predicted molar refractivity (Wildman–Crippen MR) is 125 cm³/mol. The highest BCUT2D eigenvalue weighted by atomic mass is 16.5. The van der Waals surface area contributed by atoms with Crippen molar-refractivity contribution in [2.24, 2.45) is 0 Å². The van der Waals surface area contributed by atoms with Crippen molar-refractivity contribution in [3.05, 3.63) is 47.7 Å². The highest BCUT2D eigenvalue weighted by molar-refractivity contribution is 5.78. The monoisotopic (exact) mass is 438 g/mol. The number of hydrogen-bond acceptors (Lipinski definition) is 7. The summed E-state index contributed by atoms with van der Waals surface area (Å²) in [5.41, 5.74) is 2.23. The number of ether oxygens (including phenoxy) is 1. The summed E-state index contributed by atoms with van der Waals surface area (Å²) < 4.78 is 5.56. The zero-order valence-electron chi connectivity index (χ0n) is 19.2. The predicted octanol–water partition coefficient (Wildman–Crippen LogP) is 1.65. The number of carbonyl (C=O) groups is 1. The molecule has 0 aliphatic carbocycles. The molecule has 1 aromatic carbocycles. The van der Waals surface area contributed by atoms with Crippen molar-refractivity contribution in [3.8, 4) is 5.88 Å². The molecule has 0 saturated carbocycles. The first kappa shape index (κ1) is 22.5. The molecule has 3 heterocycles. The lowest BCUT2D eigenvalue weighted by atomic mass is 10.2. The lowest BCUT2D eigenvalue weighted by Crippen LogP contribution is -2.53. The van der Waals surface area contributed by atoms with E-state index in [-0.39, 0.29) is 5.91 Å². The van der Waals surface area contributed by atoms with Crippen molar-refractivity contribution in [2.75, 3.05) is 70.4 Å². The standard InChI is InChI=1S/C24H34N6O2/c1-3-32-22-17-20(2)25-24(26-22)30-15-11-28(12-16-30)19-23(31)29-13-9-27(10-14-29)18-21-7-5-4-6-8-21/h4-8,17H,3,9-16,18-19H2,1-2H3. The van der Waals surface area contributed by atoms with Gasteiger partial charge >= 0.3 is 0 Å². The van der Waals surface area contributed by atoms with E-state index in [2.05, 4.69) is 48.9 Å². The Hall–Kier alpha value is -2.71. The van der Waals surface area contributed by atoms with Crippen molar-refractivity contribution < 1.29 is 9.53 Å². The van der Waals surface area contributed by atoms with Crippen molar-refractivity contribution in [1.82, 2.24) is 24.7 Å². The Morgan fingerprint density at radius 2 is 1.62 bits per heavy atom. The molecule has 0 bridgehead atoms. The maximum Gasteiger partial charge on any atom is 0.236 e. The van der Waals surface area contributed by atoms with Gasteiger partial charge in [-0.25, -0.2) is 4.98 Å². The molecule has 0 N–H and O–H groups in total. The number of benzene rings is 1. The van der Waals surface area contributed by atoms with Crippen molar-refractivity contribution in [3.63, 3.8) is 0 Å². The van der Waals surface area contributed by atoms with E-state index in [1.54, 1.807) is 0 Å². The number of nitrogens with zero attached hydrogens (tertiary/aromatic N) is 6. The third-order valence-electron chi connectivity index (χ3n) is 6.10. The van der Waals surface area contributed by atoms with Gasteiger partial charge in [-0.1, -0.05) is 30.3 Å². The molecule has 0 spiro atoms. The lowest BCUT2D eigenvalue weighted by molar-refractivity contribution is -0.134. The Morgan fingerprint density at radius 3 is 2.31 bits per heavy atom. The topological polar surface area (TPSA) is 65.0 Å². The molecular weight excluding hydrogens is 404 g/mol. The van der Waals surface area contributed by atoms with Crippen LogP contribution in [0.5, 0.6) is 5.88 Å². The number of aryl methyl sites for hydroxylation is 1. The lowest BCUT2D eigenvalue weighted by Gasteiger charge is -2.38. The summed E-state index contributed by atoms with van der Waals surface area (Å²) >= 11 is 0. The van der Waals surface area contributed by atoms with Crippen molar-refractivity contribution in [1.29, 1.82) is 0 Å². The van der Waals surface area contributed by atoms with Gasteiger partial charge in [0.1, 0.15) is 0 Å². The van der Waals surface area contributed by atoms with Gasteiger partial charge in [-0.2, -0.15) is 4.98 Å². The number of aromatic nitrogens is 2. The molecule has 0 radical (unpaired) electrons. The molecule has 1 aromatic heterocycles. The minimum Gasteiger partial charge on any atom is -0.478 e. The molecule has 2 fully saturated rings. The SMILES string of the molecule is CCOc1cc(C)nc(N2CCN(CC(=O)N3CCN(Cc4ccccc4)CC3)CC2)n1. The molecule has 2 saturated heterocycles.